The maximum absolute atomic E-state index is 12.4. The molecule has 130 valence electrons. The molecule has 1 heterocycles. The molecule has 0 bridgehead atoms. The standard InChI is InChI=1S/C17H19IO6/c1-20-14-9-12(18)13(10-15(14)21-2)24-16(19)11-3-5-17(6-4-11)22-7-8-23-17/h3,9-10H,4-8H2,1-2H3. The summed E-state index contributed by atoms with van der Waals surface area (Å²) >= 11 is 2.10. The molecule has 0 saturated carbocycles. The third-order valence-electron chi connectivity index (χ3n) is 4.15. The van der Waals surface area contributed by atoms with Gasteiger partial charge in [0.05, 0.1) is 31.0 Å². The second kappa shape index (κ2) is 7.28. The van der Waals surface area contributed by atoms with E-state index in [-0.39, 0.29) is 5.97 Å². The van der Waals surface area contributed by atoms with Gasteiger partial charge in [-0.05, 0) is 29.0 Å². The fraction of sp³-hybridized carbons (Fsp3) is 0.471. The van der Waals surface area contributed by atoms with Gasteiger partial charge in [-0.2, -0.15) is 0 Å². The molecule has 24 heavy (non-hydrogen) atoms. The Balaban J connectivity index is 1.72. The van der Waals surface area contributed by atoms with Crippen LogP contribution < -0.4 is 14.2 Å². The van der Waals surface area contributed by atoms with Gasteiger partial charge in [0.1, 0.15) is 5.75 Å². The first-order valence-corrected chi connectivity index (χ1v) is 8.75. The van der Waals surface area contributed by atoms with E-state index in [1.807, 2.05) is 6.08 Å². The molecule has 1 spiro atoms. The highest BCUT2D eigenvalue weighted by Gasteiger charge is 2.38. The molecule has 1 aromatic rings. The zero-order valence-corrected chi connectivity index (χ0v) is 15.8. The molecule has 1 aliphatic carbocycles. The Morgan fingerprint density at radius 1 is 1.12 bits per heavy atom. The summed E-state index contributed by atoms with van der Waals surface area (Å²) in [4.78, 5) is 12.4. The van der Waals surface area contributed by atoms with E-state index in [0.717, 1.165) is 3.57 Å². The number of hydrogen-bond donors (Lipinski definition) is 0. The first kappa shape index (κ1) is 17.5. The molecule has 1 aromatic carbocycles. The summed E-state index contributed by atoms with van der Waals surface area (Å²) < 4.78 is 28.1. The predicted molar refractivity (Wildman–Crippen MR) is 94.5 cm³/mol. The average Bonchev–Trinajstić information content (AvgIpc) is 3.04. The van der Waals surface area contributed by atoms with E-state index in [2.05, 4.69) is 22.6 Å². The number of rotatable bonds is 4. The summed E-state index contributed by atoms with van der Waals surface area (Å²) in [5.41, 5.74) is 0.644. The lowest BCUT2D eigenvalue weighted by Gasteiger charge is -2.30. The highest BCUT2D eigenvalue weighted by molar-refractivity contribution is 14.1. The molecule has 0 atom stereocenters. The Kier molecular flexibility index (Phi) is 5.31. The number of carbonyl (C=O) groups excluding carboxylic acids is 1. The van der Waals surface area contributed by atoms with E-state index in [1.165, 1.54) is 0 Å². The normalized spacial score (nSPS) is 19.0. The molecule has 1 fully saturated rings. The van der Waals surface area contributed by atoms with Gasteiger partial charge in [-0.1, -0.05) is 6.08 Å². The van der Waals surface area contributed by atoms with Crippen molar-refractivity contribution < 1.29 is 28.5 Å². The van der Waals surface area contributed by atoms with Crippen molar-refractivity contribution in [3.05, 3.63) is 27.4 Å². The van der Waals surface area contributed by atoms with Gasteiger partial charge < -0.3 is 23.7 Å². The summed E-state index contributed by atoms with van der Waals surface area (Å²) in [6.45, 7) is 1.22. The molecule has 0 N–H and O–H groups in total. The highest BCUT2D eigenvalue weighted by Crippen LogP contribution is 2.38. The lowest BCUT2D eigenvalue weighted by molar-refractivity contribution is -0.162. The number of ether oxygens (including phenoxy) is 5. The smallest absolute Gasteiger partial charge is 0.339 e. The van der Waals surface area contributed by atoms with Crippen LogP contribution in [0, 0.1) is 3.57 Å². The maximum Gasteiger partial charge on any atom is 0.339 e. The number of methoxy groups -OCH3 is 2. The highest BCUT2D eigenvalue weighted by atomic mass is 127. The first-order valence-electron chi connectivity index (χ1n) is 7.67. The van der Waals surface area contributed by atoms with E-state index >= 15 is 0 Å². The number of hydrogen-bond acceptors (Lipinski definition) is 6. The largest absolute Gasteiger partial charge is 0.493 e. The summed E-state index contributed by atoms with van der Waals surface area (Å²) in [5, 5.41) is 0. The molecule has 6 nitrogen and oxygen atoms in total. The van der Waals surface area contributed by atoms with Crippen molar-refractivity contribution in [1.82, 2.24) is 0 Å². The molecule has 0 radical (unpaired) electrons. The van der Waals surface area contributed by atoms with Gasteiger partial charge in [0, 0.05) is 30.5 Å². The van der Waals surface area contributed by atoms with Gasteiger partial charge >= 0.3 is 5.97 Å². The van der Waals surface area contributed by atoms with Gasteiger partial charge in [-0.15, -0.1) is 0 Å². The third-order valence-corrected chi connectivity index (χ3v) is 4.99. The summed E-state index contributed by atoms with van der Waals surface area (Å²) in [7, 11) is 3.11. The molecule has 3 rings (SSSR count). The average molecular weight is 446 g/mol. The van der Waals surface area contributed by atoms with Crippen molar-refractivity contribution in [2.45, 2.75) is 25.0 Å². The fourth-order valence-electron chi connectivity index (χ4n) is 2.83. The van der Waals surface area contributed by atoms with E-state index in [4.69, 9.17) is 23.7 Å². The van der Waals surface area contributed by atoms with Gasteiger partial charge in [0.25, 0.3) is 0 Å². The third kappa shape index (κ3) is 3.52. The minimum absolute atomic E-state index is 0.354. The van der Waals surface area contributed by atoms with Crippen molar-refractivity contribution in [3.63, 3.8) is 0 Å². The minimum atomic E-state index is -0.540. The second-order valence-electron chi connectivity index (χ2n) is 5.57. The van der Waals surface area contributed by atoms with Crippen molar-refractivity contribution in [2.24, 2.45) is 0 Å². The number of carbonyl (C=O) groups is 1. The van der Waals surface area contributed by atoms with E-state index in [9.17, 15) is 4.79 Å². The van der Waals surface area contributed by atoms with Gasteiger partial charge in [-0.25, -0.2) is 4.79 Å². The first-order chi connectivity index (χ1) is 11.6. The molecule has 0 unspecified atom stereocenters. The fourth-order valence-corrected chi connectivity index (χ4v) is 3.38. The Labute approximate surface area is 154 Å². The Bertz CT molecular complexity index is 663. The molecule has 0 amide bonds. The van der Waals surface area contributed by atoms with Crippen LogP contribution in [-0.4, -0.2) is 39.2 Å². The summed E-state index contributed by atoms with van der Waals surface area (Å²) in [6.07, 6.45) is 3.66. The topological polar surface area (TPSA) is 63.2 Å². The zero-order valence-electron chi connectivity index (χ0n) is 13.6. The summed E-state index contributed by atoms with van der Waals surface area (Å²) in [6, 6.07) is 3.43. The van der Waals surface area contributed by atoms with Crippen LogP contribution >= 0.6 is 22.6 Å². The maximum atomic E-state index is 12.4. The molecular weight excluding hydrogens is 427 g/mol. The molecule has 1 saturated heterocycles. The molecular formula is C17H19IO6. The van der Waals surface area contributed by atoms with Crippen LogP contribution in [0.5, 0.6) is 17.2 Å². The predicted octanol–water partition coefficient (Wildman–Crippen LogP) is 3.07. The van der Waals surface area contributed by atoms with Crippen LogP contribution in [-0.2, 0) is 14.3 Å². The second-order valence-corrected chi connectivity index (χ2v) is 6.73. The Morgan fingerprint density at radius 2 is 1.79 bits per heavy atom. The van der Waals surface area contributed by atoms with E-state index in [1.54, 1.807) is 26.4 Å². The quantitative estimate of drug-likeness (QED) is 0.403. The van der Waals surface area contributed by atoms with Crippen LogP contribution in [0.2, 0.25) is 0 Å². The van der Waals surface area contributed by atoms with Crippen LogP contribution in [0.15, 0.2) is 23.8 Å². The SMILES string of the molecule is COc1cc(I)c(OC(=O)C2=CCC3(CC2)OCCO3)cc1OC. The molecule has 0 aromatic heterocycles. The molecule has 2 aliphatic rings. The van der Waals surface area contributed by atoms with Crippen molar-refractivity contribution in [2.75, 3.05) is 27.4 Å². The van der Waals surface area contributed by atoms with E-state index < -0.39 is 5.79 Å². The van der Waals surface area contributed by atoms with Crippen LogP contribution in [0.4, 0.5) is 0 Å². The molecule has 7 heteroatoms. The van der Waals surface area contributed by atoms with E-state index in [0.29, 0.717) is 55.3 Å². The zero-order chi connectivity index (χ0) is 17.2. The van der Waals surface area contributed by atoms with Gasteiger partial charge in [0.2, 0.25) is 0 Å². The Morgan fingerprint density at radius 3 is 2.38 bits per heavy atom. The number of benzene rings is 1. The van der Waals surface area contributed by atoms with Crippen molar-refractivity contribution >= 4 is 28.6 Å². The lowest BCUT2D eigenvalue weighted by atomic mass is 9.94. The van der Waals surface area contributed by atoms with Gasteiger partial charge in [0.15, 0.2) is 17.3 Å². The minimum Gasteiger partial charge on any atom is -0.493 e. The number of halogens is 1. The van der Waals surface area contributed by atoms with Crippen molar-refractivity contribution in [1.29, 1.82) is 0 Å². The van der Waals surface area contributed by atoms with Gasteiger partial charge in [-0.3, -0.25) is 0 Å². The van der Waals surface area contributed by atoms with Crippen LogP contribution in [0.3, 0.4) is 0 Å². The lowest BCUT2D eigenvalue weighted by Crippen LogP contribution is -2.33. The van der Waals surface area contributed by atoms with Crippen molar-refractivity contribution in [3.8, 4) is 17.2 Å². The van der Waals surface area contributed by atoms with Crippen LogP contribution in [0.25, 0.3) is 0 Å². The van der Waals surface area contributed by atoms with Crippen LogP contribution in [0.1, 0.15) is 19.3 Å². The monoisotopic (exact) mass is 446 g/mol. The number of esters is 1. The molecule has 1 aliphatic heterocycles. The summed E-state index contributed by atoms with van der Waals surface area (Å²) in [5.74, 6) is 0.670. The Hall–Kier alpha value is -1.32.